The van der Waals surface area contributed by atoms with Crippen molar-refractivity contribution in [3.8, 4) is 73.0 Å². The van der Waals surface area contributed by atoms with Gasteiger partial charge in [0.2, 0.25) is 0 Å². The number of benzene rings is 12. The predicted molar refractivity (Wildman–Crippen MR) is 299 cm³/mol. The van der Waals surface area contributed by atoms with Crippen molar-refractivity contribution >= 4 is 64.9 Å². The summed E-state index contributed by atoms with van der Waals surface area (Å²) < 4.78 is 2.38. The van der Waals surface area contributed by atoms with Gasteiger partial charge < -0.3 is 4.57 Å². The van der Waals surface area contributed by atoms with E-state index in [2.05, 4.69) is 259 Å². The second kappa shape index (κ2) is 16.7. The van der Waals surface area contributed by atoms with Crippen LogP contribution in [0.5, 0.6) is 0 Å². The largest absolute Gasteiger partial charge is 0.309 e. The summed E-state index contributed by atoms with van der Waals surface area (Å²) in [5.74, 6) is 0.686. The van der Waals surface area contributed by atoms with Gasteiger partial charge >= 0.3 is 0 Å². The zero-order valence-electron chi connectivity index (χ0n) is 38.7. The summed E-state index contributed by atoms with van der Waals surface area (Å²) >= 11 is 0. The molecule has 12 aromatic carbocycles. The third-order valence-electron chi connectivity index (χ3n) is 14.4. The van der Waals surface area contributed by atoms with Gasteiger partial charge in [-0.2, -0.15) is 0 Å². The summed E-state index contributed by atoms with van der Waals surface area (Å²) in [6.07, 6.45) is 0. The van der Waals surface area contributed by atoms with E-state index >= 15 is 0 Å². The third-order valence-corrected chi connectivity index (χ3v) is 14.4. The van der Waals surface area contributed by atoms with Gasteiger partial charge in [-0.1, -0.05) is 231 Å². The molecule has 0 saturated carbocycles. The minimum absolute atomic E-state index is 0.686. The summed E-state index contributed by atoms with van der Waals surface area (Å²) in [5.41, 5.74) is 15.4. The first-order chi connectivity index (χ1) is 35.2. The molecule has 2 heterocycles. The van der Waals surface area contributed by atoms with Crippen LogP contribution >= 0.6 is 0 Å². The molecule has 0 unspecified atom stereocenters. The Kier molecular flexibility index (Phi) is 9.53. The second-order valence-corrected chi connectivity index (χ2v) is 18.4. The second-order valence-electron chi connectivity index (χ2n) is 18.4. The van der Waals surface area contributed by atoms with E-state index in [1.165, 1.54) is 76.3 Å². The van der Waals surface area contributed by atoms with Crippen molar-refractivity contribution in [1.82, 2.24) is 14.5 Å². The molecule has 14 rings (SSSR count). The van der Waals surface area contributed by atoms with E-state index in [4.69, 9.17) is 9.97 Å². The van der Waals surface area contributed by atoms with Crippen LogP contribution in [0.3, 0.4) is 0 Å². The normalized spacial score (nSPS) is 11.7. The van der Waals surface area contributed by atoms with Crippen molar-refractivity contribution in [2.24, 2.45) is 0 Å². The molecule has 0 saturated heterocycles. The number of rotatable bonds is 7. The standard InChI is InChI=1S/C68H43N3/c1-2-17-49(18-3-1)68-69-62(43-63(70-68)60-26-12-15-29-66(60)71-64-27-13-10-24-57(64)58-25-11-14-28-65(58)71)56-41-40-52(54-22-8-9-23-55(54)56)47-34-30-44(31-35-47)45-32-36-48(37-33-45)67-53-21-7-5-19-50(53)42-61-51-20-6-4-16-46(51)38-39-59(61)67/h1-43H. The van der Waals surface area contributed by atoms with E-state index in [0.717, 1.165) is 55.7 Å². The van der Waals surface area contributed by atoms with Gasteiger partial charge in [0.15, 0.2) is 5.82 Å². The first-order valence-corrected chi connectivity index (χ1v) is 24.3. The van der Waals surface area contributed by atoms with E-state index in [9.17, 15) is 0 Å². The smallest absolute Gasteiger partial charge is 0.160 e. The van der Waals surface area contributed by atoms with Crippen LogP contribution in [0.25, 0.3) is 138 Å². The van der Waals surface area contributed by atoms with E-state index < -0.39 is 0 Å². The van der Waals surface area contributed by atoms with Crippen LogP contribution in [0.1, 0.15) is 0 Å². The number of fused-ring (bicyclic) bond motifs is 8. The molecule has 0 aliphatic heterocycles. The molecular weight excluding hydrogens is 859 g/mol. The highest BCUT2D eigenvalue weighted by Crippen LogP contribution is 2.42. The molecule has 0 aliphatic carbocycles. The summed E-state index contributed by atoms with van der Waals surface area (Å²) in [7, 11) is 0. The lowest BCUT2D eigenvalue weighted by Crippen LogP contribution is -2.01. The lowest BCUT2D eigenvalue weighted by atomic mass is 9.89. The van der Waals surface area contributed by atoms with Crippen molar-refractivity contribution in [1.29, 1.82) is 0 Å². The predicted octanol–water partition coefficient (Wildman–Crippen LogP) is 18.2. The van der Waals surface area contributed by atoms with Crippen LogP contribution in [0.15, 0.2) is 261 Å². The zero-order valence-corrected chi connectivity index (χ0v) is 38.7. The maximum atomic E-state index is 5.34. The SMILES string of the molecule is c1ccc(-c2nc(-c3ccccc3-n3c4ccccc4c4ccccc43)cc(-c3ccc(-c4ccc(-c5ccc(-c6c7ccccc7cc7c6ccc6ccccc67)cc5)cc4)c4ccccc34)n2)cc1. The summed E-state index contributed by atoms with van der Waals surface area (Å²) in [5, 5.41) is 12.4. The maximum absolute atomic E-state index is 5.34. The molecule has 0 atom stereocenters. The molecule has 0 N–H and O–H groups in total. The first kappa shape index (κ1) is 40.6. The van der Waals surface area contributed by atoms with Crippen molar-refractivity contribution in [3.63, 3.8) is 0 Å². The van der Waals surface area contributed by atoms with Crippen LogP contribution in [-0.2, 0) is 0 Å². The van der Waals surface area contributed by atoms with Crippen LogP contribution < -0.4 is 0 Å². The number of aromatic nitrogens is 3. The van der Waals surface area contributed by atoms with Crippen LogP contribution in [0.2, 0.25) is 0 Å². The van der Waals surface area contributed by atoms with Gasteiger partial charge in [0.25, 0.3) is 0 Å². The Morgan fingerprint density at radius 2 is 0.761 bits per heavy atom. The number of nitrogens with zero attached hydrogens (tertiary/aromatic N) is 3. The van der Waals surface area contributed by atoms with Gasteiger partial charge in [0, 0.05) is 27.5 Å². The Morgan fingerprint density at radius 1 is 0.254 bits per heavy atom. The molecule has 0 fully saturated rings. The fraction of sp³-hybridized carbons (Fsp3) is 0. The fourth-order valence-corrected chi connectivity index (χ4v) is 11.1. The molecule has 0 spiro atoms. The average Bonchev–Trinajstić information content (AvgIpc) is 3.79. The monoisotopic (exact) mass is 901 g/mol. The van der Waals surface area contributed by atoms with E-state index in [1.807, 2.05) is 6.07 Å². The van der Waals surface area contributed by atoms with E-state index in [1.54, 1.807) is 0 Å². The first-order valence-electron chi connectivity index (χ1n) is 24.3. The average molecular weight is 902 g/mol. The quantitative estimate of drug-likeness (QED) is 0.118. The molecule has 3 heteroatoms. The summed E-state index contributed by atoms with van der Waals surface area (Å²) in [4.78, 5) is 10.7. The minimum Gasteiger partial charge on any atom is -0.309 e. The number of hydrogen-bond acceptors (Lipinski definition) is 2. The highest BCUT2D eigenvalue weighted by molar-refractivity contribution is 6.20. The lowest BCUT2D eigenvalue weighted by Gasteiger charge is -2.16. The lowest BCUT2D eigenvalue weighted by molar-refractivity contribution is 1.15. The molecule has 14 aromatic rings. The van der Waals surface area contributed by atoms with Crippen LogP contribution in [0.4, 0.5) is 0 Å². The van der Waals surface area contributed by atoms with Crippen LogP contribution in [0, 0.1) is 0 Å². The molecule has 0 amide bonds. The molecule has 330 valence electrons. The summed E-state index contributed by atoms with van der Waals surface area (Å²) in [6, 6.07) is 94.2. The van der Waals surface area contributed by atoms with Crippen LogP contribution in [-0.4, -0.2) is 14.5 Å². The molecular formula is C68H43N3. The van der Waals surface area contributed by atoms with Gasteiger partial charge in [-0.15, -0.1) is 0 Å². The van der Waals surface area contributed by atoms with Gasteiger partial charge in [0.05, 0.1) is 28.1 Å². The van der Waals surface area contributed by atoms with Gasteiger partial charge in [-0.05, 0) is 107 Å². The number of hydrogen-bond donors (Lipinski definition) is 0. The third kappa shape index (κ3) is 6.82. The van der Waals surface area contributed by atoms with Crippen molar-refractivity contribution in [3.05, 3.63) is 261 Å². The van der Waals surface area contributed by atoms with Crippen molar-refractivity contribution in [2.45, 2.75) is 0 Å². The Morgan fingerprint density at radius 3 is 1.46 bits per heavy atom. The molecule has 0 radical (unpaired) electrons. The summed E-state index contributed by atoms with van der Waals surface area (Å²) in [6.45, 7) is 0. The molecule has 0 aliphatic rings. The zero-order chi connectivity index (χ0) is 46.8. The Bertz CT molecular complexity index is 4320. The Hall–Kier alpha value is -9.44. The minimum atomic E-state index is 0.686. The topological polar surface area (TPSA) is 30.7 Å². The highest BCUT2D eigenvalue weighted by Gasteiger charge is 2.20. The molecule has 3 nitrogen and oxygen atoms in total. The molecule has 2 aromatic heterocycles. The highest BCUT2D eigenvalue weighted by atomic mass is 15.0. The molecule has 0 bridgehead atoms. The Balaban J connectivity index is 0.844. The van der Waals surface area contributed by atoms with Gasteiger partial charge in [0.1, 0.15) is 0 Å². The van der Waals surface area contributed by atoms with Gasteiger partial charge in [-0.25, -0.2) is 9.97 Å². The molecule has 71 heavy (non-hydrogen) atoms. The Labute approximate surface area is 411 Å². The fourth-order valence-electron chi connectivity index (χ4n) is 11.1. The van der Waals surface area contributed by atoms with E-state index in [-0.39, 0.29) is 0 Å². The van der Waals surface area contributed by atoms with Gasteiger partial charge in [-0.3, -0.25) is 0 Å². The van der Waals surface area contributed by atoms with Crippen molar-refractivity contribution < 1.29 is 0 Å². The van der Waals surface area contributed by atoms with E-state index in [0.29, 0.717) is 5.82 Å². The number of para-hydroxylation sites is 3. The van der Waals surface area contributed by atoms with Crippen molar-refractivity contribution in [2.75, 3.05) is 0 Å². The maximum Gasteiger partial charge on any atom is 0.160 e.